The number of nitrogens with zero attached hydrogens (tertiary/aromatic N) is 4. The predicted molar refractivity (Wildman–Crippen MR) is 110 cm³/mol. The zero-order chi connectivity index (χ0) is 20.3. The first-order chi connectivity index (χ1) is 13.4. The number of amides is 2. The van der Waals surface area contributed by atoms with Gasteiger partial charge in [-0.1, -0.05) is 29.5 Å². The van der Waals surface area contributed by atoms with Gasteiger partial charge in [-0.2, -0.15) is 0 Å². The number of rotatable bonds is 8. The molecule has 1 aliphatic carbocycles. The highest BCUT2D eigenvalue weighted by atomic mass is 32.2. The molecule has 7 nitrogen and oxygen atoms in total. The number of anilines is 1. The highest BCUT2D eigenvalue weighted by Gasteiger charge is 2.31. The molecule has 0 bridgehead atoms. The Morgan fingerprint density at radius 1 is 1.29 bits per heavy atom. The van der Waals surface area contributed by atoms with Gasteiger partial charge in [-0.3, -0.25) is 9.59 Å². The number of aryl methyl sites for hydroxylation is 1. The van der Waals surface area contributed by atoms with Crippen LogP contribution < -0.4 is 5.32 Å². The van der Waals surface area contributed by atoms with Gasteiger partial charge in [0.1, 0.15) is 5.82 Å². The molecule has 8 heteroatoms. The van der Waals surface area contributed by atoms with Crippen molar-refractivity contribution >= 4 is 29.3 Å². The Morgan fingerprint density at radius 3 is 2.57 bits per heavy atom. The lowest BCUT2D eigenvalue weighted by atomic mass is 10.2. The summed E-state index contributed by atoms with van der Waals surface area (Å²) in [5.41, 5.74) is 1.85. The first-order valence-corrected chi connectivity index (χ1v) is 10.5. The molecule has 1 fully saturated rings. The van der Waals surface area contributed by atoms with Gasteiger partial charge in [-0.05, 0) is 45.7 Å². The molecule has 150 valence electrons. The number of carbonyl (C=O) groups excluding carboxylic acids is 2. The topological polar surface area (TPSA) is 80.1 Å². The highest BCUT2D eigenvalue weighted by Crippen LogP contribution is 2.40. The maximum absolute atomic E-state index is 12.7. The lowest BCUT2D eigenvalue weighted by molar-refractivity contribution is -0.132. The van der Waals surface area contributed by atoms with Gasteiger partial charge in [-0.25, -0.2) is 0 Å². The molecule has 1 aliphatic rings. The zero-order valence-corrected chi connectivity index (χ0v) is 17.6. The largest absolute Gasteiger partial charge is 0.335 e. The van der Waals surface area contributed by atoms with E-state index in [1.165, 1.54) is 16.7 Å². The molecule has 1 saturated carbocycles. The fourth-order valence-electron chi connectivity index (χ4n) is 2.98. The standard InChI is InChI=1S/C20H27N5O2S/c1-5-25-18(15-8-9-15)22-23-20(25)28-14(3)19(27)24(4)12-17(26)21-16-10-6-13(2)7-11-16/h6-7,10-11,14-15H,5,8-9,12H2,1-4H3,(H,21,26)/t14-/m0/s1. The molecule has 3 rings (SSSR count). The molecule has 0 aliphatic heterocycles. The molecule has 2 aromatic rings. The first kappa shape index (κ1) is 20.4. The van der Waals surface area contributed by atoms with Gasteiger partial charge in [0, 0.05) is 25.2 Å². The number of aromatic nitrogens is 3. The molecule has 0 spiro atoms. The molecule has 1 atom stereocenters. The van der Waals surface area contributed by atoms with E-state index in [1.54, 1.807) is 7.05 Å². The molecule has 1 aromatic carbocycles. The van der Waals surface area contributed by atoms with E-state index in [1.807, 2.05) is 38.1 Å². The van der Waals surface area contributed by atoms with Crippen molar-refractivity contribution in [3.8, 4) is 0 Å². The Balaban J connectivity index is 1.55. The lowest BCUT2D eigenvalue weighted by Crippen LogP contribution is -2.39. The Labute approximate surface area is 169 Å². The van der Waals surface area contributed by atoms with Gasteiger partial charge >= 0.3 is 0 Å². The normalized spacial score (nSPS) is 14.6. The van der Waals surface area contributed by atoms with Crippen LogP contribution >= 0.6 is 11.8 Å². The minimum Gasteiger partial charge on any atom is -0.335 e. The Kier molecular flexibility index (Phi) is 6.39. The number of hydrogen-bond acceptors (Lipinski definition) is 5. The quantitative estimate of drug-likeness (QED) is 0.688. The van der Waals surface area contributed by atoms with Crippen molar-refractivity contribution in [2.45, 2.75) is 56.5 Å². The molecule has 0 saturated heterocycles. The van der Waals surface area contributed by atoms with Gasteiger partial charge < -0.3 is 14.8 Å². The van der Waals surface area contributed by atoms with Crippen molar-refractivity contribution in [1.29, 1.82) is 0 Å². The van der Waals surface area contributed by atoms with Crippen LogP contribution in [0.4, 0.5) is 5.69 Å². The summed E-state index contributed by atoms with van der Waals surface area (Å²) < 4.78 is 2.09. The van der Waals surface area contributed by atoms with Crippen LogP contribution in [0.3, 0.4) is 0 Å². The summed E-state index contributed by atoms with van der Waals surface area (Å²) in [6.07, 6.45) is 2.33. The van der Waals surface area contributed by atoms with Crippen molar-refractivity contribution in [3.63, 3.8) is 0 Å². The zero-order valence-electron chi connectivity index (χ0n) is 16.8. The van der Waals surface area contributed by atoms with E-state index in [4.69, 9.17) is 0 Å². The van der Waals surface area contributed by atoms with Crippen molar-refractivity contribution in [2.24, 2.45) is 0 Å². The fraction of sp³-hybridized carbons (Fsp3) is 0.500. The van der Waals surface area contributed by atoms with Gasteiger partial charge in [0.05, 0.1) is 11.8 Å². The molecular formula is C20H27N5O2S. The predicted octanol–water partition coefficient (Wildman–Crippen LogP) is 3.06. The number of hydrogen-bond donors (Lipinski definition) is 1. The van der Waals surface area contributed by atoms with Crippen molar-refractivity contribution in [1.82, 2.24) is 19.7 Å². The van der Waals surface area contributed by atoms with Crippen molar-refractivity contribution in [2.75, 3.05) is 18.9 Å². The molecule has 28 heavy (non-hydrogen) atoms. The summed E-state index contributed by atoms with van der Waals surface area (Å²) in [6.45, 7) is 6.69. The van der Waals surface area contributed by atoms with Crippen LogP contribution in [0.5, 0.6) is 0 Å². The summed E-state index contributed by atoms with van der Waals surface area (Å²) in [7, 11) is 1.65. The van der Waals surface area contributed by atoms with E-state index >= 15 is 0 Å². The van der Waals surface area contributed by atoms with Gasteiger partial charge in [0.2, 0.25) is 11.8 Å². The van der Waals surface area contributed by atoms with Crippen LogP contribution in [0.1, 0.15) is 44.0 Å². The molecule has 2 amide bonds. The third kappa shape index (κ3) is 4.92. The Morgan fingerprint density at radius 2 is 1.96 bits per heavy atom. The molecule has 1 heterocycles. The van der Waals surface area contributed by atoms with E-state index in [-0.39, 0.29) is 23.6 Å². The Hall–Kier alpha value is -2.35. The number of likely N-dealkylation sites (N-methyl/N-ethyl adjacent to an activating group) is 1. The van der Waals surface area contributed by atoms with E-state index in [9.17, 15) is 9.59 Å². The van der Waals surface area contributed by atoms with E-state index < -0.39 is 0 Å². The Bertz CT molecular complexity index is 845. The first-order valence-electron chi connectivity index (χ1n) is 9.60. The van der Waals surface area contributed by atoms with Gasteiger partial charge in [-0.15, -0.1) is 10.2 Å². The van der Waals surface area contributed by atoms with Crippen molar-refractivity contribution < 1.29 is 9.59 Å². The summed E-state index contributed by atoms with van der Waals surface area (Å²) in [4.78, 5) is 26.4. The second kappa shape index (κ2) is 8.77. The second-order valence-corrected chi connectivity index (χ2v) is 8.54. The maximum Gasteiger partial charge on any atom is 0.243 e. The van der Waals surface area contributed by atoms with Crippen LogP contribution in [0, 0.1) is 6.92 Å². The second-order valence-electron chi connectivity index (χ2n) is 7.23. The third-order valence-corrected chi connectivity index (χ3v) is 5.79. The van der Waals surface area contributed by atoms with E-state index in [2.05, 4.69) is 27.0 Å². The van der Waals surface area contributed by atoms with E-state index in [0.29, 0.717) is 5.92 Å². The number of carbonyl (C=O) groups is 2. The van der Waals surface area contributed by atoms with Crippen LogP contribution in [0.2, 0.25) is 0 Å². The van der Waals surface area contributed by atoms with Crippen LogP contribution in [0.25, 0.3) is 0 Å². The smallest absolute Gasteiger partial charge is 0.243 e. The van der Waals surface area contributed by atoms with Crippen molar-refractivity contribution in [3.05, 3.63) is 35.7 Å². The fourth-order valence-corrected chi connectivity index (χ4v) is 4.01. The SMILES string of the molecule is CCn1c(S[C@@H](C)C(=O)N(C)CC(=O)Nc2ccc(C)cc2)nnc1C1CC1. The van der Waals surface area contributed by atoms with Gasteiger partial charge in [0.25, 0.3) is 0 Å². The summed E-state index contributed by atoms with van der Waals surface area (Å²) in [6, 6.07) is 7.57. The minimum absolute atomic E-state index is 0.00536. The third-order valence-electron chi connectivity index (χ3n) is 4.73. The average Bonchev–Trinajstić information content (AvgIpc) is 3.43. The van der Waals surface area contributed by atoms with Crippen LogP contribution in [0.15, 0.2) is 29.4 Å². The molecular weight excluding hydrogens is 374 g/mol. The van der Waals surface area contributed by atoms with Crippen LogP contribution in [-0.4, -0.2) is 50.3 Å². The molecule has 0 radical (unpaired) electrons. The maximum atomic E-state index is 12.7. The van der Waals surface area contributed by atoms with Gasteiger partial charge in [0.15, 0.2) is 5.16 Å². The minimum atomic E-state index is -0.348. The lowest BCUT2D eigenvalue weighted by Gasteiger charge is -2.20. The molecule has 0 unspecified atom stereocenters. The molecule has 1 aromatic heterocycles. The number of nitrogens with one attached hydrogen (secondary N) is 1. The summed E-state index contributed by atoms with van der Waals surface area (Å²) >= 11 is 1.40. The van der Waals surface area contributed by atoms with E-state index in [0.717, 1.165) is 41.6 Å². The molecule has 1 N–H and O–H groups in total. The van der Waals surface area contributed by atoms with Crippen LogP contribution in [-0.2, 0) is 16.1 Å². The summed E-state index contributed by atoms with van der Waals surface area (Å²) in [5, 5.41) is 11.8. The highest BCUT2D eigenvalue weighted by molar-refractivity contribution is 8.00. The monoisotopic (exact) mass is 401 g/mol. The number of benzene rings is 1. The summed E-state index contributed by atoms with van der Waals surface area (Å²) in [5.74, 6) is 1.21. The number of thioether (sulfide) groups is 1. The average molecular weight is 402 g/mol.